The quantitative estimate of drug-likeness (QED) is 0.853. The first-order valence-corrected chi connectivity index (χ1v) is 11.1. The Morgan fingerprint density at radius 3 is 2.54 bits per heavy atom. The van der Waals surface area contributed by atoms with Crippen molar-refractivity contribution in [3.05, 3.63) is 41.2 Å². The molecule has 1 aliphatic heterocycles. The lowest BCUT2D eigenvalue weighted by atomic mass is 9.96. The molecule has 2 amide bonds. The van der Waals surface area contributed by atoms with Crippen LogP contribution in [0.5, 0.6) is 0 Å². The molecule has 28 heavy (non-hydrogen) atoms. The Morgan fingerprint density at radius 2 is 1.82 bits per heavy atom. The first-order valence-electron chi connectivity index (χ1n) is 10.4. The zero-order valence-electron chi connectivity index (χ0n) is 16.6. The molecule has 1 N–H and O–H groups in total. The van der Waals surface area contributed by atoms with E-state index in [9.17, 15) is 4.79 Å². The van der Waals surface area contributed by atoms with Gasteiger partial charge in [-0.3, -0.25) is 0 Å². The van der Waals surface area contributed by atoms with E-state index in [0.29, 0.717) is 6.04 Å². The van der Waals surface area contributed by atoms with Gasteiger partial charge in [-0.2, -0.15) is 4.37 Å². The van der Waals surface area contributed by atoms with Crippen LogP contribution in [0.3, 0.4) is 0 Å². The number of rotatable bonds is 4. The molecule has 6 nitrogen and oxygen atoms in total. The summed E-state index contributed by atoms with van der Waals surface area (Å²) in [6, 6.07) is 9.00. The van der Waals surface area contributed by atoms with E-state index < -0.39 is 0 Å². The maximum absolute atomic E-state index is 12.5. The number of carbonyl (C=O) groups is 1. The number of urea groups is 1. The van der Waals surface area contributed by atoms with Crippen LogP contribution >= 0.6 is 11.5 Å². The third kappa shape index (κ3) is 4.82. The van der Waals surface area contributed by atoms with Crippen molar-refractivity contribution in [2.75, 3.05) is 31.1 Å². The summed E-state index contributed by atoms with van der Waals surface area (Å²) in [6.07, 6.45) is 6.79. The minimum atomic E-state index is 0.101. The Labute approximate surface area is 171 Å². The largest absolute Gasteiger partial charge is 0.343 e. The van der Waals surface area contributed by atoms with E-state index in [2.05, 4.69) is 45.8 Å². The second kappa shape index (κ2) is 8.90. The Bertz CT molecular complexity index is 776. The Balaban J connectivity index is 1.27. The molecular formula is C21H29N5OS. The highest BCUT2D eigenvalue weighted by Crippen LogP contribution is 2.21. The summed E-state index contributed by atoms with van der Waals surface area (Å²) in [5.74, 6) is 0.876. The minimum Gasteiger partial charge on any atom is -0.343 e. The van der Waals surface area contributed by atoms with Crippen molar-refractivity contribution in [1.29, 1.82) is 0 Å². The molecule has 2 fully saturated rings. The van der Waals surface area contributed by atoms with Crippen LogP contribution in [0.2, 0.25) is 0 Å². The molecular weight excluding hydrogens is 370 g/mol. The number of benzene rings is 1. The summed E-state index contributed by atoms with van der Waals surface area (Å²) < 4.78 is 4.54. The summed E-state index contributed by atoms with van der Waals surface area (Å²) >= 11 is 1.46. The van der Waals surface area contributed by atoms with Crippen molar-refractivity contribution in [2.45, 2.75) is 51.5 Å². The van der Waals surface area contributed by atoms with Gasteiger partial charge in [-0.15, -0.1) is 0 Å². The Kier molecular flexibility index (Phi) is 6.10. The monoisotopic (exact) mass is 399 g/mol. The van der Waals surface area contributed by atoms with Crippen LogP contribution in [0.1, 0.15) is 49.1 Å². The highest BCUT2D eigenvalue weighted by molar-refractivity contribution is 7.09. The highest BCUT2D eigenvalue weighted by Gasteiger charge is 2.25. The van der Waals surface area contributed by atoms with Gasteiger partial charge in [0.15, 0.2) is 0 Å². The highest BCUT2D eigenvalue weighted by atomic mass is 32.1. The molecule has 1 aliphatic carbocycles. The standard InChI is InChI=1S/C21H29N5OS/c1-16-7-9-17(10-8-16)15-19-23-21(28-24-19)26-13-11-25(12-14-26)20(27)22-18-5-3-2-4-6-18/h7-10,18H,2-6,11-15H2,1H3,(H,22,27). The van der Waals surface area contributed by atoms with E-state index in [0.717, 1.165) is 56.4 Å². The number of carbonyl (C=O) groups excluding carboxylic acids is 1. The van der Waals surface area contributed by atoms with Crippen LogP contribution in [0, 0.1) is 6.92 Å². The lowest BCUT2D eigenvalue weighted by Gasteiger charge is -2.35. The number of anilines is 1. The lowest BCUT2D eigenvalue weighted by Crippen LogP contribution is -2.53. The predicted molar refractivity (Wildman–Crippen MR) is 113 cm³/mol. The molecule has 0 bridgehead atoms. The van der Waals surface area contributed by atoms with Crippen LogP contribution in [0.4, 0.5) is 9.93 Å². The van der Waals surface area contributed by atoms with Crippen LogP contribution in [0.25, 0.3) is 0 Å². The molecule has 2 aliphatic rings. The summed E-state index contributed by atoms with van der Waals surface area (Å²) in [4.78, 5) is 21.4. The van der Waals surface area contributed by atoms with Crippen LogP contribution in [0.15, 0.2) is 24.3 Å². The number of nitrogens with zero attached hydrogens (tertiary/aromatic N) is 4. The molecule has 2 heterocycles. The van der Waals surface area contributed by atoms with Crippen molar-refractivity contribution in [2.24, 2.45) is 0 Å². The van der Waals surface area contributed by atoms with Gasteiger partial charge < -0.3 is 15.1 Å². The average molecular weight is 400 g/mol. The maximum Gasteiger partial charge on any atom is 0.317 e. The van der Waals surface area contributed by atoms with E-state index in [4.69, 9.17) is 4.98 Å². The maximum atomic E-state index is 12.5. The first-order chi connectivity index (χ1) is 13.7. The Hall–Kier alpha value is -2.15. The number of aryl methyl sites for hydroxylation is 1. The Morgan fingerprint density at radius 1 is 1.11 bits per heavy atom. The second-order valence-electron chi connectivity index (χ2n) is 7.91. The molecule has 4 rings (SSSR count). The molecule has 1 aromatic heterocycles. The fourth-order valence-electron chi connectivity index (χ4n) is 3.95. The predicted octanol–water partition coefficient (Wildman–Crippen LogP) is 3.60. The average Bonchev–Trinajstić information content (AvgIpc) is 3.19. The summed E-state index contributed by atoms with van der Waals surface area (Å²) in [7, 11) is 0. The van der Waals surface area contributed by atoms with E-state index in [1.807, 2.05) is 4.90 Å². The van der Waals surface area contributed by atoms with Crippen LogP contribution < -0.4 is 10.2 Å². The van der Waals surface area contributed by atoms with Gasteiger partial charge >= 0.3 is 6.03 Å². The third-order valence-electron chi connectivity index (χ3n) is 5.71. The SMILES string of the molecule is Cc1ccc(Cc2nsc(N3CCN(C(=O)NC4CCCCC4)CC3)n2)cc1. The van der Waals surface area contributed by atoms with E-state index in [-0.39, 0.29) is 6.03 Å². The molecule has 7 heteroatoms. The van der Waals surface area contributed by atoms with Crippen LogP contribution in [-0.2, 0) is 6.42 Å². The number of piperazine rings is 1. The summed E-state index contributed by atoms with van der Waals surface area (Å²) in [5, 5.41) is 4.19. The fourth-order valence-corrected chi connectivity index (χ4v) is 4.68. The molecule has 0 unspecified atom stereocenters. The van der Waals surface area contributed by atoms with Gasteiger partial charge in [0.25, 0.3) is 0 Å². The number of nitrogens with one attached hydrogen (secondary N) is 1. The molecule has 1 saturated heterocycles. The zero-order valence-corrected chi connectivity index (χ0v) is 17.4. The number of aromatic nitrogens is 2. The van der Waals surface area contributed by atoms with Gasteiger partial charge in [-0.1, -0.05) is 49.1 Å². The third-order valence-corrected chi connectivity index (χ3v) is 6.53. The number of amides is 2. The number of hydrogen-bond acceptors (Lipinski definition) is 5. The molecule has 1 aromatic carbocycles. The first kappa shape index (κ1) is 19.2. The van der Waals surface area contributed by atoms with E-state index in [1.165, 1.54) is 41.9 Å². The topological polar surface area (TPSA) is 61.4 Å². The van der Waals surface area contributed by atoms with E-state index >= 15 is 0 Å². The normalized spacial score (nSPS) is 18.3. The van der Waals surface area contributed by atoms with Crippen molar-refractivity contribution in [3.63, 3.8) is 0 Å². The van der Waals surface area contributed by atoms with Crippen molar-refractivity contribution < 1.29 is 4.79 Å². The van der Waals surface area contributed by atoms with Gasteiger partial charge in [0.05, 0.1) is 0 Å². The second-order valence-corrected chi connectivity index (χ2v) is 8.64. The van der Waals surface area contributed by atoms with Gasteiger partial charge in [0, 0.05) is 50.2 Å². The summed E-state index contributed by atoms with van der Waals surface area (Å²) in [5.41, 5.74) is 2.50. The van der Waals surface area contributed by atoms with Gasteiger partial charge in [-0.05, 0) is 25.3 Å². The van der Waals surface area contributed by atoms with Crippen LogP contribution in [-0.4, -0.2) is 52.5 Å². The van der Waals surface area contributed by atoms with Gasteiger partial charge in [0.2, 0.25) is 5.13 Å². The van der Waals surface area contributed by atoms with Crippen molar-refractivity contribution in [3.8, 4) is 0 Å². The molecule has 0 spiro atoms. The number of hydrogen-bond donors (Lipinski definition) is 1. The smallest absolute Gasteiger partial charge is 0.317 e. The minimum absolute atomic E-state index is 0.101. The van der Waals surface area contributed by atoms with Gasteiger partial charge in [-0.25, -0.2) is 9.78 Å². The molecule has 0 atom stereocenters. The summed E-state index contributed by atoms with van der Waals surface area (Å²) in [6.45, 7) is 5.21. The lowest BCUT2D eigenvalue weighted by molar-refractivity contribution is 0.186. The van der Waals surface area contributed by atoms with Gasteiger partial charge in [0.1, 0.15) is 5.82 Å². The van der Waals surface area contributed by atoms with Crippen molar-refractivity contribution in [1.82, 2.24) is 19.6 Å². The zero-order chi connectivity index (χ0) is 19.3. The van der Waals surface area contributed by atoms with Crippen molar-refractivity contribution >= 4 is 22.7 Å². The van der Waals surface area contributed by atoms with E-state index in [1.54, 1.807) is 0 Å². The molecule has 150 valence electrons. The molecule has 2 aromatic rings. The molecule has 1 saturated carbocycles. The fraction of sp³-hybridized carbons (Fsp3) is 0.571. The molecule has 0 radical (unpaired) electrons.